The summed E-state index contributed by atoms with van der Waals surface area (Å²) < 4.78 is 28.4. The van der Waals surface area contributed by atoms with Crippen molar-refractivity contribution in [1.82, 2.24) is 4.90 Å². The van der Waals surface area contributed by atoms with Crippen LogP contribution in [0, 0.1) is 0 Å². The van der Waals surface area contributed by atoms with E-state index >= 15 is 0 Å². The quantitative estimate of drug-likeness (QED) is 0.580. The Kier molecular flexibility index (Phi) is 5.51. The summed E-state index contributed by atoms with van der Waals surface area (Å²) in [6, 6.07) is 5.99. The molecular formula is C12H12Br3NO4S. The molecule has 0 spiro atoms. The Bertz CT molecular complexity index is 636. The summed E-state index contributed by atoms with van der Waals surface area (Å²) in [7, 11) is -3.71. The lowest BCUT2D eigenvalue weighted by atomic mass is 10.2. The zero-order valence-electron chi connectivity index (χ0n) is 10.8. The van der Waals surface area contributed by atoms with Crippen LogP contribution in [0.4, 0.5) is 0 Å². The molecule has 0 saturated carbocycles. The van der Waals surface area contributed by atoms with Crippen molar-refractivity contribution in [2.45, 2.75) is 6.37 Å². The van der Waals surface area contributed by atoms with E-state index in [0.29, 0.717) is 31.9 Å². The molecule has 1 saturated heterocycles. The highest BCUT2D eigenvalue weighted by molar-refractivity contribution is 9.42. The van der Waals surface area contributed by atoms with Crippen LogP contribution in [0.3, 0.4) is 0 Å². The van der Waals surface area contributed by atoms with E-state index in [1.807, 2.05) is 0 Å². The van der Waals surface area contributed by atoms with Gasteiger partial charge in [0.05, 0.1) is 18.1 Å². The maximum absolute atomic E-state index is 12.4. The van der Waals surface area contributed by atoms with Crippen LogP contribution in [0.5, 0.6) is 0 Å². The molecule has 1 heterocycles. The third-order valence-electron chi connectivity index (χ3n) is 2.99. The van der Waals surface area contributed by atoms with E-state index < -0.39 is 11.3 Å². The second-order valence-electron chi connectivity index (χ2n) is 4.38. The molecule has 116 valence electrons. The van der Waals surface area contributed by atoms with Crippen molar-refractivity contribution >= 4 is 63.5 Å². The van der Waals surface area contributed by atoms with Gasteiger partial charge in [-0.3, -0.25) is 4.79 Å². The number of amides is 1. The first-order valence-corrected chi connectivity index (χ1v) is 9.88. The molecule has 2 rings (SSSR count). The molecule has 0 aromatic heterocycles. The van der Waals surface area contributed by atoms with Crippen LogP contribution in [0.15, 0.2) is 29.2 Å². The molecule has 21 heavy (non-hydrogen) atoms. The molecule has 1 aromatic rings. The Labute approximate surface area is 148 Å². The molecule has 0 aliphatic carbocycles. The number of sulfone groups is 1. The minimum Gasteiger partial charge on any atom is -0.378 e. The predicted octanol–water partition coefficient (Wildman–Crippen LogP) is 2.73. The molecule has 1 fully saturated rings. The maximum atomic E-state index is 12.4. The summed E-state index contributed by atoms with van der Waals surface area (Å²) in [4.78, 5) is 14.1. The van der Waals surface area contributed by atoms with Gasteiger partial charge in [0, 0.05) is 18.7 Å². The SMILES string of the molecule is O=C(c1cccc(S(=O)(=O)C(Br)(Br)Br)c1)N1CCOCC1. The second-order valence-corrected chi connectivity index (χ2v) is 14.8. The van der Waals surface area contributed by atoms with E-state index in [0.717, 1.165) is 0 Å². The molecule has 9 heteroatoms. The lowest BCUT2D eigenvalue weighted by Gasteiger charge is -2.27. The normalized spacial score (nSPS) is 16.8. The molecule has 5 nitrogen and oxygen atoms in total. The lowest BCUT2D eigenvalue weighted by Crippen LogP contribution is -2.40. The van der Waals surface area contributed by atoms with Crippen molar-refractivity contribution in [3.8, 4) is 0 Å². The van der Waals surface area contributed by atoms with Gasteiger partial charge in [0.2, 0.25) is 11.3 Å². The number of hydrogen-bond donors (Lipinski definition) is 0. The van der Waals surface area contributed by atoms with Crippen molar-refractivity contribution in [2.24, 2.45) is 0 Å². The third kappa shape index (κ3) is 3.87. The first-order chi connectivity index (χ1) is 9.73. The smallest absolute Gasteiger partial charge is 0.254 e. The number of nitrogens with zero attached hydrogens (tertiary/aromatic N) is 1. The average molecular weight is 506 g/mol. The van der Waals surface area contributed by atoms with Gasteiger partial charge in [-0.15, -0.1) is 0 Å². The van der Waals surface area contributed by atoms with Crippen LogP contribution in [0.25, 0.3) is 0 Å². The largest absolute Gasteiger partial charge is 0.378 e. The van der Waals surface area contributed by atoms with Crippen molar-refractivity contribution in [3.05, 3.63) is 29.8 Å². The van der Waals surface area contributed by atoms with Gasteiger partial charge in [0.1, 0.15) is 0 Å². The van der Waals surface area contributed by atoms with Crippen LogP contribution >= 0.6 is 47.8 Å². The summed E-state index contributed by atoms with van der Waals surface area (Å²) in [6.07, 6.45) is 0. The number of carbonyl (C=O) groups excluding carboxylic acids is 1. The Hall–Kier alpha value is 0.0400. The molecule has 1 aliphatic heterocycles. The summed E-state index contributed by atoms with van der Waals surface area (Å²) in [5, 5.41) is 0. The summed E-state index contributed by atoms with van der Waals surface area (Å²) in [5.74, 6) is -0.195. The van der Waals surface area contributed by atoms with Gasteiger partial charge < -0.3 is 9.64 Å². The van der Waals surface area contributed by atoms with Crippen molar-refractivity contribution < 1.29 is 17.9 Å². The Morgan fingerprint density at radius 2 is 1.81 bits per heavy atom. The number of rotatable bonds is 2. The summed E-state index contributed by atoms with van der Waals surface area (Å²) in [6.45, 7) is 2.01. The van der Waals surface area contributed by atoms with Crippen molar-refractivity contribution in [1.29, 1.82) is 0 Å². The fraction of sp³-hybridized carbons (Fsp3) is 0.417. The Morgan fingerprint density at radius 1 is 1.19 bits per heavy atom. The minimum atomic E-state index is -3.71. The van der Waals surface area contributed by atoms with E-state index in [4.69, 9.17) is 4.74 Å². The van der Waals surface area contributed by atoms with Crippen LogP contribution in [-0.4, -0.2) is 47.0 Å². The molecule has 0 radical (unpaired) electrons. The minimum absolute atomic E-state index is 0.0484. The number of hydrogen-bond acceptors (Lipinski definition) is 4. The van der Waals surface area contributed by atoms with Crippen molar-refractivity contribution in [3.63, 3.8) is 0 Å². The first-order valence-electron chi connectivity index (χ1n) is 6.02. The zero-order chi connectivity index (χ0) is 15.7. The van der Waals surface area contributed by atoms with E-state index in [1.165, 1.54) is 12.1 Å². The number of morpholine rings is 1. The topological polar surface area (TPSA) is 63.7 Å². The van der Waals surface area contributed by atoms with Gasteiger partial charge in [-0.2, -0.15) is 0 Å². The van der Waals surface area contributed by atoms with Gasteiger partial charge in [-0.05, 0) is 66.0 Å². The number of benzene rings is 1. The molecule has 1 amide bonds. The lowest BCUT2D eigenvalue weighted by molar-refractivity contribution is 0.0302. The molecule has 0 unspecified atom stereocenters. The average Bonchev–Trinajstić information content (AvgIpc) is 2.46. The van der Waals surface area contributed by atoms with Crippen LogP contribution < -0.4 is 0 Å². The van der Waals surface area contributed by atoms with E-state index in [2.05, 4.69) is 47.8 Å². The predicted molar refractivity (Wildman–Crippen MR) is 89.9 cm³/mol. The maximum Gasteiger partial charge on any atom is 0.254 e. The van der Waals surface area contributed by atoms with Gasteiger partial charge in [-0.1, -0.05) is 6.07 Å². The standard InChI is InChI=1S/C12H12Br3NO4S/c13-12(14,15)21(18,19)10-3-1-2-9(8-10)11(17)16-4-6-20-7-5-16/h1-3,8H,4-7H2. The highest BCUT2D eigenvalue weighted by atomic mass is 80.0. The fourth-order valence-electron chi connectivity index (χ4n) is 1.88. The van der Waals surface area contributed by atoms with Gasteiger partial charge in [0.15, 0.2) is 0 Å². The highest BCUT2D eigenvalue weighted by Crippen LogP contribution is 2.43. The summed E-state index contributed by atoms with van der Waals surface area (Å²) >= 11 is 9.03. The summed E-state index contributed by atoms with van der Waals surface area (Å²) in [5.41, 5.74) is 0.342. The van der Waals surface area contributed by atoms with Crippen molar-refractivity contribution in [2.75, 3.05) is 26.3 Å². The highest BCUT2D eigenvalue weighted by Gasteiger charge is 2.37. The number of ether oxygens (including phenoxy) is 1. The molecule has 1 aliphatic rings. The van der Waals surface area contributed by atoms with Crippen LogP contribution in [-0.2, 0) is 14.6 Å². The van der Waals surface area contributed by atoms with Crippen LogP contribution in [0.2, 0.25) is 0 Å². The monoisotopic (exact) mass is 503 g/mol. The third-order valence-corrected chi connectivity index (χ3v) is 8.31. The van der Waals surface area contributed by atoms with E-state index in [-0.39, 0.29) is 10.8 Å². The van der Waals surface area contributed by atoms with E-state index in [1.54, 1.807) is 17.0 Å². The van der Waals surface area contributed by atoms with E-state index in [9.17, 15) is 13.2 Å². The van der Waals surface area contributed by atoms with Gasteiger partial charge in [-0.25, -0.2) is 8.42 Å². The fourth-order valence-corrected chi connectivity index (χ4v) is 4.37. The second kappa shape index (κ2) is 6.66. The molecule has 1 aromatic carbocycles. The zero-order valence-corrected chi connectivity index (χ0v) is 16.3. The number of carbonyl (C=O) groups is 1. The first kappa shape index (κ1) is 17.4. The number of halogens is 3. The molecular weight excluding hydrogens is 494 g/mol. The molecule has 0 N–H and O–H groups in total. The number of alkyl halides is 3. The van der Waals surface area contributed by atoms with Gasteiger partial charge >= 0.3 is 0 Å². The Morgan fingerprint density at radius 3 is 2.38 bits per heavy atom. The molecule has 0 bridgehead atoms. The molecule has 0 atom stereocenters. The van der Waals surface area contributed by atoms with Crippen LogP contribution in [0.1, 0.15) is 10.4 Å². The van der Waals surface area contributed by atoms with Gasteiger partial charge in [0.25, 0.3) is 5.91 Å². The Balaban J connectivity index is 2.32.